The van der Waals surface area contributed by atoms with Crippen molar-refractivity contribution in [3.8, 4) is 0 Å². The molecule has 2 fully saturated rings. The number of carbonyl (C=O) groups excluding carboxylic acids is 3. The van der Waals surface area contributed by atoms with E-state index in [0.717, 1.165) is 10.5 Å². The van der Waals surface area contributed by atoms with Crippen molar-refractivity contribution < 1.29 is 19.5 Å². The minimum atomic E-state index is -0.978. The molecular weight excluding hydrogens is 372 g/mol. The average Bonchev–Trinajstić information content (AvgIpc) is 3.35. The Morgan fingerprint density at radius 2 is 1.79 bits per heavy atom. The molecule has 0 aliphatic carbocycles. The summed E-state index contributed by atoms with van der Waals surface area (Å²) in [4.78, 5) is 46.3. The van der Waals surface area contributed by atoms with Gasteiger partial charge in [-0.2, -0.15) is 0 Å². The number of carbonyl (C=O) groups is 3. The zero-order valence-electron chi connectivity index (χ0n) is 16.1. The normalized spacial score (nSPS) is 18.7. The predicted molar refractivity (Wildman–Crippen MR) is 105 cm³/mol. The maximum Gasteiger partial charge on any atom is 0.328 e. The van der Waals surface area contributed by atoms with Crippen LogP contribution in [-0.4, -0.2) is 74.4 Å². The maximum absolute atomic E-state index is 13.2. The zero-order chi connectivity index (χ0) is 20.4. The van der Waals surface area contributed by atoms with Crippen LogP contribution in [0.1, 0.15) is 28.9 Å². The number of H-pyrrole nitrogens is 1. The summed E-state index contributed by atoms with van der Waals surface area (Å²) in [6.45, 7) is 0.794. The molecule has 3 heterocycles. The molecule has 2 aromatic rings. The van der Waals surface area contributed by atoms with E-state index in [2.05, 4.69) is 4.98 Å². The van der Waals surface area contributed by atoms with Crippen LogP contribution in [0.4, 0.5) is 4.79 Å². The number of aliphatic hydroxyl groups excluding tert-OH is 1. The van der Waals surface area contributed by atoms with Crippen LogP contribution in [0.2, 0.25) is 0 Å². The highest BCUT2D eigenvalue weighted by Crippen LogP contribution is 2.38. The highest BCUT2D eigenvalue weighted by atomic mass is 16.3. The van der Waals surface area contributed by atoms with Crippen LogP contribution < -0.4 is 0 Å². The van der Waals surface area contributed by atoms with Gasteiger partial charge in [0.05, 0.1) is 13.2 Å². The first-order valence-corrected chi connectivity index (χ1v) is 9.78. The van der Waals surface area contributed by atoms with Gasteiger partial charge in [0.2, 0.25) is 0 Å². The molecule has 2 saturated heterocycles. The summed E-state index contributed by atoms with van der Waals surface area (Å²) in [5.74, 6) is -0.386. The lowest BCUT2D eigenvalue weighted by molar-refractivity contribution is -0.135. The highest BCUT2D eigenvalue weighted by Gasteiger charge is 2.58. The molecule has 1 aromatic heterocycles. The lowest BCUT2D eigenvalue weighted by Gasteiger charge is -2.42. The van der Waals surface area contributed by atoms with Crippen LogP contribution in [0.3, 0.4) is 0 Å². The summed E-state index contributed by atoms with van der Waals surface area (Å²) in [6.07, 6.45) is 2.45. The van der Waals surface area contributed by atoms with E-state index in [1.54, 1.807) is 28.1 Å². The van der Waals surface area contributed by atoms with Gasteiger partial charge in [0.15, 0.2) is 0 Å². The highest BCUT2D eigenvalue weighted by molar-refractivity contribution is 6.07. The third-order valence-electron chi connectivity index (χ3n) is 5.84. The monoisotopic (exact) mass is 396 g/mol. The van der Waals surface area contributed by atoms with Gasteiger partial charge < -0.3 is 19.9 Å². The van der Waals surface area contributed by atoms with Gasteiger partial charge in [0, 0.05) is 25.8 Å². The van der Waals surface area contributed by atoms with E-state index >= 15 is 0 Å². The van der Waals surface area contributed by atoms with Crippen molar-refractivity contribution in [3.63, 3.8) is 0 Å². The molecule has 1 spiro atoms. The molecule has 29 heavy (non-hydrogen) atoms. The number of nitrogens with zero attached hydrogens (tertiary/aromatic N) is 3. The zero-order valence-corrected chi connectivity index (χ0v) is 16.1. The summed E-state index contributed by atoms with van der Waals surface area (Å²) in [7, 11) is 0. The van der Waals surface area contributed by atoms with E-state index in [-0.39, 0.29) is 31.0 Å². The topological polar surface area (TPSA) is 97.0 Å². The molecule has 4 rings (SSSR count). The minimum Gasteiger partial charge on any atom is -0.395 e. The van der Waals surface area contributed by atoms with E-state index in [4.69, 9.17) is 0 Å². The largest absolute Gasteiger partial charge is 0.395 e. The second kappa shape index (κ2) is 7.71. The van der Waals surface area contributed by atoms with Crippen LogP contribution >= 0.6 is 0 Å². The van der Waals surface area contributed by atoms with Crippen LogP contribution in [0.25, 0.3) is 0 Å². The SMILES string of the molecule is O=C(c1ccc[nH]1)N1CCC2(CC1)C(=O)N(CCO)C(=O)N2Cc1ccccc1. The van der Waals surface area contributed by atoms with E-state index < -0.39 is 5.54 Å². The summed E-state index contributed by atoms with van der Waals surface area (Å²) >= 11 is 0. The number of urea groups is 1. The number of aromatic nitrogens is 1. The number of aliphatic hydroxyl groups is 1. The summed E-state index contributed by atoms with van der Waals surface area (Å²) in [5, 5.41) is 9.32. The molecule has 0 radical (unpaired) electrons. The minimum absolute atomic E-state index is 0.0180. The number of hydrogen-bond donors (Lipinski definition) is 2. The lowest BCUT2D eigenvalue weighted by Crippen LogP contribution is -2.57. The Hall–Kier alpha value is -3.13. The smallest absolute Gasteiger partial charge is 0.328 e. The van der Waals surface area contributed by atoms with E-state index in [1.165, 1.54) is 0 Å². The standard InChI is InChI=1S/C21H24N4O4/c26-14-13-24-19(28)21(25(20(24)29)15-16-5-2-1-3-6-16)8-11-23(12-9-21)18(27)17-7-4-10-22-17/h1-7,10,22,26H,8-9,11-15H2. The van der Waals surface area contributed by atoms with E-state index in [1.807, 2.05) is 30.3 Å². The summed E-state index contributed by atoms with van der Waals surface area (Å²) in [6, 6.07) is 12.7. The molecule has 1 aromatic carbocycles. The number of hydrogen-bond acceptors (Lipinski definition) is 4. The average molecular weight is 396 g/mol. The number of piperidine rings is 1. The Labute approximate surface area is 168 Å². The lowest BCUT2D eigenvalue weighted by atomic mass is 9.85. The molecule has 0 bridgehead atoms. The van der Waals surface area contributed by atoms with Gasteiger partial charge in [0.1, 0.15) is 11.2 Å². The molecule has 0 atom stereocenters. The third kappa shape index (κ3) is 3.29. The number of rotatable bonds is 5. The second-order valence-electron chi connectivity index (χ2n) is 7.44. The molecule has 2 aliphatic rings. The van der Waals surface area contributed by atoms with Gasteiger partial charge in [-0.25, -0.2) is 4.79 Å². The van der Waals surface area contributed by atoms with Crippen LogP contribution in [0, 0.1) is 0 Å². The van der Waals surface area contributed by atoms with Gasteiger partial charge in [-0.15, -0.1) is 0 Å². The van der Waals surface area contributed by atoms with Crippen LogP contribution in [0.15, 0.2) is 48.7 Å². The predicted octanol–water partition coefficient (Wildman–Crippen LogP) is 1.45. The number of β-amino-alcohol motifs (C(OH)–C–C–N with tert-alkyl or cyclic N) is 1. The van der Waals surface area contributed by atoms with E-state index in [0.29, 0.717) is 38.2 Å². The Morgan fingerprint density at radius 1 is 1.07 bits per heavy atom. The number of benzene rings is 1. The van der Waals surface area contributed by atoms with Gasteiger partial charge in [-0.05, 0) is 30.5 Å². The Bertz CT molecular complexity index is 889. The molecule has 0 unspecified atom stereocenters. The molecule has 2 aliphatic heterocycles. The van der Waals surface area contributed by atoms with Crippen LogP contribution in [-0.2, 0) is 11.3 Å². The number of likely N-dealkylation sites (tertiary alicyclic amines) is 1. The Balaban J connectivity index is 1.58. The molecule has 2 N–H and O–H groups in total. The maximum atomic E-state index is 13.2. The molecule has 0 saturated carbocycles. The van der Waals surface area contributed by atoms with Crippen molar-refractivity contribution in [2.45, 2.75) is 24.9 Å². The summed E-state index contributed by atoms with van der Waals surface area (Å²) < 4.78 is 0. The number of imide groups is 1. The molecular formula is C21H24N4O4. The first kappa shape index (κ1) is 19.2. The van der Waals surface area contributed by atoms with Crippen molar-refractivity contribution in [1.29, 1.82) is 0 Å². The van der Waals surface area contributed by atoms with Gasteiger partial charge >= 0.3 is 6.03 Å². The van der Waals surface area contributed by atoms with Gasteiger partial charge in [-0.1, -0.05) is 30.3 Å². The van der Waals surface area contributed by atoms with Crippen molar-refractivity contribution in [1.82, 2.24) is 19.7 Å². The quantitative estimate of drug-likeness (QED) is 0.748. The number of nitrogens with one attached hydrogen (secondary N) is 1. The third-order valence-corrected chi connectivity index (χ3v) is 5.84. The molecule has 8 heteroatoms. The fourth-order valence-corrected chi connectivity index (χ4v) is 4.26. The molecule has 152 valence electrons. The van der Waals surface area contributed by atoms with Gasteiger partial charge in [0.25, 0.3) is 11.8 Å². The number of amides is 4. The van der Waals surface area contributed by atoms with E-state index in [9.17, 15) is 19.5 Å². The Morgan fingerprint density at radius 3 is 2.41 bits per heavy atom. The van der Waals surface area contributed by atoms with Gasteiger partial charge in [-0.3, -0.25) is 14.5 Å². The Kier molecular flexibility index (Phi) is 5.10. The van der Waals surface area contributed by atoms with Crippen molar-refractivity contribution >= 4 is 17.8 Å². The second-order valence-corrected chi connectivity index (χ2v) is 7.44. The fraction of sp³-hybridized carbons (Fsp3) is 0.381. The first-order valence-electron chi connectivity index (χ1n) is 9.78. The fourth-order valence-electron chi connectivity index (χ4n) is 4.26. The molecule has 4 amide bonds. The van der Waals surface area contributed by atoms with Crippen molar-refractivity contribution in [2.24, 2.45) is 0 Å². The molecule has 8 nitrogen and oxygen atoms in total. The summed E-state index contributed by atoms with van der Waals surface area (Å²) in [5.41, 5.74) is 0.468. The van der Waals surface area contributed by atoms with Crippen LogP contribution in [0.5, 0.6) is 0 Å². The number of aromatic amines is 1. The van der Waals surface area contributed by atoms with Crippen molar-refractivity contribution in [3.05, 3.63) is 59.9 Å². The van der Waals surface area contributed by atoms with Crippen molar-refractivity contribution in [2.75, 3.05) is 26.2 Å². The first-order chi connectivity index (χ1) is 14.1.